The zero-order valence-electron chi connectivity index (χ0n) is 12.0. The average Bonchev–Trinajstić information content (AvgIpc) is 2.86. The number of nitrogens with zero attached hydrogens (tertiary/aromatic N) is 2. The summed E-state index contributed by atoms with van der Waals surface area (Å²) in [6.45, 7) is 0.532. The van der Waals surface area contributed by atoms with Gasteiger partial charge in [-0.2, -0.15) is 0 Å². The molecule has 0 aliphatic heterocycles. The van der Waals surface area contributed by atoms with Crippen LogP contribution in [0.15, 0.2) is 58.8 Å². The Bertz CT molecular complexity index is 876. The van der Waals surface area contributed by atoms with Gasteiger partial charge in [-0.1, -0.05) is 30.3 Å². The van der Waals surface area contributed by atoms with E-state index < -0.39 is 5.82 Å². The molecule has 0 fully saturated rings. The van der Waals surface area contributed by atoms with Gasteiger partial charge in [0.05, 0.1) is 5.52 Å². The molecule has 0 bridgehead atoms. The highest BCUT2D eigenvalue weighted by molar-refractivity contribution is 7.80. The van der Waals surface area contributed by atoms with Crippen LogP contribution >= 0.6 is 12.2 Å². The molecule has 2 aromatic carbocycles. The first-order chi connectivity index (χ1) is 11.1. The minimum Gasteiger partial charge on any atom is -0.493 e. The second kappa shape index (κ2) is 6.53. The third-order valence-corrected chi connectivity index (χ3v) is 3.47. The number of hydrogen-bond acceptors (Lipinski definition) is 3. The summed E-state index contributed by atoms with van der Waals surface area (Å²) in [7, 11) is 0. The number of aromatic nitrogens is 1. The van der Waals surface area contributed by atoms with Crippen molar-refractivity contribution in [3.05, 3.63) is 59.9 Å². The van der Waals surface area contributed by atoms with Crippen LogP contribution in [0.4, 0.5) is 10.1 Å². The zero-order chi connectivity index (χ0) is 16.2. The molecule has 23 heavy (non-hydrogen) atoms. The van der Waals surface area contributed by atoms with Gasteiger partial charge in [0.1, 0.15) is 5.82 Å². The molecule has 3 aromatic rings. The van der Waals surface area contributed by atoms with Gasteiger partial charge in [-0.25, -0.2) is 4.39 Å². The van der Waals surface area contributed by atoms with Crippen molar-refractivity contribution < 1.29 is 9.50 Å². The molecule has 0 amide bonds. The molecular formula is C16H13FN4OS. The summed E-state index contributed by atoms with van der Waals surface area (Å²) < 4.78 is 13.2. The van der Waals surface area contributed by atoms with E-state index in [4.69, 9.17) is 12.2 Å². The number of hydrogen-bond donors (Lipinski definition) is 3. The van der Waals surface area contributed by atoms with Gasteiger partial charge >= 0.3 is 0 Å². The molecule has 0 saturated carbocycles. The van der Waals surface area contributed by atoms with Crippen molar-refractivity contribution in [3.8, 4) is 5.88 Å². The van der Waals surface area contributed by atoms with Crippen LogP contribution < -0.4 is 5.32 Å². The van der Waals surface area contributed by atoms with E-state index >= 15 is 0 Å². The Balaban J connectivity index is 1.72. The van der Waals surface area contributed by atoms with Gasteiger partial charge in [-0.15, -0.1) is 10.2 Å². The van der Waals surface area contributed by atoms with Gasteiger partial charge in [-0.05, 0) is 36.0 Å². The van der Waals surface area contributed by atoms with Crippen molar-refractivity contribution in [2.24, 2.45) is 10.2 Å². The summed E-state index contributed by atoms with van der Waals surface area (Å²) in [5.41, 5.74) is 1.74. The number of azo groups is 1. The molecule has 0 aliphatic rings. The van der Waals surface area contributed by atoms with Crippen molar-refractivity contribution in [2.75, 3.05) is 0 Å². The van der Waals surface area contributed by atoms with Gasteiger partial charge < -0.3 is 15.4 Å². The Morgan fingerprint density at radius 2 is 2.00 bits per heavy atom. The molecule has 1 heterocycles. The summed E-state index contributed by atoms with van der Waals surface area (Å²) in [4.78, 5) is 2.65. The van der Waals surface area contributed by atoms with Gasteiger partial charge in [0.15, 0.2) is 5.69 Å². The Kier molecular flexibility index (Phi) is 4.29. The predicted molar refractivity (Wildman–Crippen MR) is 90.3 cm³/mol. The molecule has 1 aromatic heterocycles. The topological polar surface area (TPSA) is 72.8 Å². The Hall–Kier alpha value is -2.80. The number of H-pyrrole nitrogens is 1. The van der Waals surface area contributed by atoms with Crippen LogP contribution in [0.25, 0.3) is 10.9 Å². The highest BCUT2D eigenvalue weighted by atomic mass is 32.1. The van der Waals surface area contributed by atoms with Gasteiger partial charge in [0.25, 0.3) is 0 Å². The number of nitrogens with one attached hydrogen (secondary N) is 2. The van der Waals surface area contributed by atoms with Gasteiger partial charge in [0, 0.05) is 11.9 Å². The lowest BCUT2D eigenvalue weighted by molar-refractivity contribution is 0.459. The standard InChI is InChI=1S/C16H13FN4OS/c17-11-6-7-12-13(8-11)19-15(22)14(12)20-21-16(23)18-9-10-4-2-1-3-5-10/h1-8,19,22H,9H2,(H,18,23). The lowest BCUT2D eigenvalue weighted by Crippen LogP contribution is -2.18. The number of halogens is 1. The number of thiocarbonyl (C=S) groups is 1. The fourth-order valence-electron chi connectivity index (χ4n) is 2.15. The first-order valence-electron chi connectivity index (χ1n) is 6.87. The maximum absolute atomic E-state index is 13.2. The third kappa shape index (κ3) is 3.51. The Labute approximate surface area is 136 Å². The summed E-state index contributed by atoms with van der Waals surface area (Å²) >= 11 is 5.09. The van der Waals surface area contributed by atoms with Crippen LogP contribution in [0.1, 0.15) is 5.56 Å². The smallest absolute Gasteiger partial charge is 0.218 e. The van der Waals surface area contributed by atoms with Crippen molar-refractivity contribution in [1.82, 2.24) is 10.3 Å². The number of aromatic amines is 1. The molecule has 0 aliphatic carbocycles. The van der Waals surface area contributed by atoms with E-state index in [1.807, 2.05) is 30.3 Å². The quantitative estimate of drug-likeness (QED) is 0.499. The van der Waals surface area contributed by atoms with Crippen LogP contribution in [0.5, 0.6) is 5.88 Å². The number of rotatable bonds is 3. The van der Waals surface area contributed by atoms with E-state index in [0.717, 1.165) is 5.56 Å². The molecule has 0 saturated heterocycles. The maximum Gasteiger partial charge on any atom is 0.218 e. The lowest BCUT2D eigenvalue weighted by Gasteiger charge is -2.02. The van der Waals surface area contributed by atoms with Crippen LogP contribution in [-0.2, 0) is 6.54 Å². The van der Waals surface area contributed by atoms with Crippen molar-refractivity contribution in [3.63, 3.8) is 0 Å². The van der Waals surface area contributed by atoms with Crippen LogP contribution in [0.2, 0.25) is 0 Å². The van der Waals surface area contributed by atoms with Crippen molar-refractivity contribution in [1.29, 1.82) is 0 Å². The van der Waals surface area contributed by atoms with Crippen molar-refractivity contribution >= 4 is 33.9 Å². The molecule has 0 spiro atoms. The largest absolute Gasteiger partial charge is 0.493 e. The van der Waals surface area contributed by atoms with Gasteiger partial charge in [0.2, 0.25) is 11.0 Å². The predicted octanol–water partition coefficient (Wildman–Crippen LogP) is 4.17. The first-order valence-corrected chi connectivity index (χ1v) is 7.28. The summed E-state index contributed by atoms with van der Waals surface area (Å²) in [5.74, 6) is -0.581. The molecule has 116 valence electrons. The number of benzene rings is 2. The van der Waals surface area contributed by atoms with Crippen LogP contribution in [0, 0.1) is 5.82 Å². The highest BCUT2D eigenvalue weighted by Gasteiger charge is 2.11. The first kappa shape index (κ1) is 15.1. The minimum absolute atomic E-state index is 0.180. The molecule has 0 unspecified atom stereocenters. The third-order valence-electron chi connectivity index (χ3n) is 3.24. The maximum atomic E-state index is 13.2. The molecule has 5 nitrogen and oxygen atoms in total. The van der Waals surface area contributed by atoms with Crippen LogP contribution in [-0.4, -0.2) is 15.2 Å². The molecule has 0 radical (unpaired) electrons. The van der Waals surface area contributed by atoms with Gasteiger partial charge in [-0.3, -0.25) is 0 Å². The fraction of sp³-hybridized carbons (Fsp3) is 0.0625. The normalized spacial score (nSPS) is 11.2. The van der Waals surface area contributed by atoms with E-state index in [9.17, 15) is 9.50 Å². The Morgan fingerprint density at radius 3 is 2.78 bits per heavy atom. The monoisotopic (exact) mass is 328 g/mol. The van der Waals surface area contributed by atoms with E-state index in [2.05, 4.69) is 20.5 Å². The lowest BCUT2D eigenvalue weighted by atomic mass is 10.2. The Morgan fingerprint density at radius 1 is 1.22 bits per heavy atom. The second-order valence-electron chi connectivity index (χ2n) is 4.86. The molecule has 7 heteroatoms. The summed E-state index contributed by atoms with van der Waals surface area (Å²) in [6.07, 6.45) is 0. The van der Waals surface area contributed by atoms with E-state index in [-0.39, 0.29) is 16.7 Å². The molecule has 3 rings (SSSR count). The van der Waals surface area contributed by atoms with Crippen LogP contribution in [0.3, 0.4) is 0 Å². The molecule has 3 N–H and O–H groups in total. The average molecular weight is 328 g/mol. The minimum atomic E-state index is -0.401. The zero-order valence-corrected chi connectivity index (χ0v) is 12.8. The van der Waals surface area contributed by atoms with E-state index in [1.165, 1.54) is 18.2 Å². The molecular weight excluding hydrogens is 315 g/mol. The van der Waals surface area contributed by atoms with E-state index in [0.29, 0.717) is 17.4 Å². The fourth-order valence-corrected chi connectivity index (χ4v) is 2.26. The van der Waals surface area contributed by atoms with Crippen molar-refractivity contribution in [2.45, 2.75) is 6.54 Å². The second-order valence-corrected chi connectivity index (χ2v) is 5.24. The number of fused-ring (bicyclic) bond motifs is 1. The summed E-state index contributed by atoms with van der Waals surface area (Å²) in [6, 6.07) is 13.8. The summed E-state index contributed by atoms with van der Waals surface area (Å²) in [5, 5.41) is 21.4. The number of aromatic hydroxyl groups is 1. The molecule has 0 atom stereocenters. The highest BCUT2D eigenvalue weighted by Crippen LogP contribution is 2.35. The van der Waals surface area contributed by atoms with E-state index in [1.54, 1.807) is 0 Å². The SMILES string of the molecule is Oc1[nH]c2cc(F)ccc2c1N=NC(=S)NCc1ccccc1.